The minimum absolute atomic E-state index is 0.0477. The third-order valence-electron chi connectivity index (χ3n) is 2.49. The molecule has 0 atom stereocenters. The Balaban J connectivity index is 2.36. The highest BCUT2D eigenvalue weighted by Crippen LogP contribution is 2.02. The van der Waals surface area contributed by atoms with Crippen molar-refractivity contribution >= 4 is 5.78 Å². The average Bonchev–Trinajstić information content (AvgIpc) is 2.33. The van der Waals surface area contributed by atoms with Gasteiger partial charge in [-0.25, -0.2) is 0 Å². The average molecular weight is 228 g/mol. The maximum atomic E-state index is 11.6. The second-order valence-corrected chi connectivity index (χ2v) is 3.80. The zero-order chi connectivity index (χ0) is 12.3. The third-order valence-corrected chi connectivity index (χ3v) is 2.49. The lowest BCUT2D eigenvalue weighted by Crippen LogP contribution is -2.20. The summed E-state index contributed by atoms with van der Waals surface area (Å²) in [6.07, 6.45) is 4.94. The van der Waals surface area contributed by atoms with Crippen molar-refractivity contribution in [1.82, 2.24) is 9.55 Å². The van der Waals surface area contributed by atoms with E-state index in [1.807, 2.05) is 12.1 Å². The smallest absolute Gasteiger partial charge is 0.250 e. The number of ketones is 1. The summed E-state index contributed by atoms with van der Waals surface area (Å²) in [5.41, 5.74) is 1.40. The summed E-state index contributed by atoms with van der Waals surface area (Å²) in [5.74, 6) is -0.0477. The fraction of sp³-hybridized carbons (Fsp3) is 0.154. The summed E-state index contributed by atoms with van der Waals surface area (Å²) >= 11 is 0. The van der Waals surface area contributed by atoms with Crippen LogP contribution in [-0.4, -0.2) is 15.3 Å². The van der Waals surface area contributed by atoms with E-state index in [0.29, 0.717) is 12.1 Å². The second kappa shape index (κ2) is 4.74. The number of carbonyl (C=O) groups is 1. The molecule has 0 fully saturated rings. The Morgan fingerprint density at radius 3 is 2.59 bits per heavy atom. The molecule has 4 nitrogen and oxygen atoms in total. The standard InChI is InChI=1S/C13H12N2O2/c1-10(16)12-2-3-13(17)15(9-12)8-11-4-6-14-7-5-11/h2-7,9H,8H2,1H3. The van der Waals surface area contributed by atoms with Crippen molar-refractivity contribution in [3.8, 4) is 0 Å². The molecule has 0 saturated carbocycles. The van der Waals surface area contributed by atoms with Crippen molar-refractivity contribution in [2.24, 2.45) is 0 Å². The van der Waals surface area contributed by atoms with Gasteiger partial charge in [0.2, 0.25) is 0 Å². The second-order valence-electron chi connectivity index (χ2n) is 3.80. The maximum Gasteiger partial charge on any atom is 0.250 e. The van der Waals surface area contributed by atoms with Crippen LogP contribution in [-0.2, 0) is 6.54 Å². The summed E-state index contributed by atoms with van der Waals surface area (Å²) < 4.78 is 1.52. The summed E-state index contributed by atoms with van der Waals surface area (Å²) in [6, 6.07) is 6.64. The van der Waals surface area contributed by atoms with Gasteiger partial charge in [-0.1, -0.05) is 0 Å². The lowest BCUT2D eigenvalue weighted by molar-refractivity contribution is 0.101. The van der Waals surface area contributed by atoms with Crippen LogP contribution in [0.15, 0.2) is 47.7 Å². The van der Waals surface area contributed by atoms with Gasteiger partial charge >= 0.3 is 0 Å². The van der Waals surface area contributed by atoms with E-state index < -0.39 is 0 Å². The van der Waals surface area contributed by atoms with Crippen molar-refractivity contribution in [2.45, 2.75) is 13.5 Å². The van der Waals surface area contributed by atoms with Gasteiger partial charge in [0.25, 0.3) is 5.56 Å². The molecule has 0 amide bonds. The predicted molar refractivity (Wildman–Crippen MR) is 64.0 cm³/mol. The lowest BCUT2D eigenvalue weighted by Gasteiger charge is -2.06. The molecule has 86 valence electrons. The molecule has 2 rings (SSSR count). The topological polar surface area (TPSA) is 52.0 Å². The zero-order valence-electron chi connectivity index (χ0n) is 9.46. The van der Waals surface area contributed by atoms with Crippen LogP contribution in [0.3, 0.4) is 0 Å². The Morgan fingerprint density at radius 1 is 1.24 bits per heavy atom. The van der Waals surface area contributed by atoms with E-state index in [-0.39, 0.29) is 11.3 Å². The highest BCUT2D eigenvalue weighted by Gasteiger charge is 2.03. The number of rotatable bonds is 3. The van der Waals surface area contributed by atoms with E-state index in [2.05, 4.69) is 4.98 Å². The molecule has 2 aromatic rings. The van der Waals surface area contributed by atoms with Crippen molar-refractivity contribution in [2.75, 3.05) is 0 Å². The van der Waals surface area contributed by atoms with Gasteiger partial charge in [-0.3, -0.25) is 14.6 Å². The molecule has 0 unspecified atom stereocenters. The highest BCUT2D eigenvalue weighted by molar-refractivity contribution is 5.93. The van der Waals surface area contributed by atoms with Crippen molar-refractivity contribution in [1.29, 1.82) is 0 Å². The van der Waals surface area contributed by atoms with Crippen LogP contribution in [0.1, 0.15) is 22.8 Å². The molecular formula is C13H12N2O2. The Hall–Kier alpha value is -2.23. The van der Waals surface area contributed by atoms with Gasteiger partial charge in [0.05, 0.1) is 6.54 Å². The summed E-state index contributed by atoms with van der Waals surface area (Å²) in [6.45, 7) is 1.93. The number of hydrogen-bond acceptors (Lipinski definition) is 3. The molecule has 2 aromatic heterocycles. The van der Waals surface area contributed by atoms with Crippen LogP contribution in [0.5, 0.6) is 0 Å². The highest BCUT2D eigenvalue weighted by atomic mass is 16.1. The van der Waals surface area contributed by atoms with Crippen molar-refractivity contribution in [3.05, 3.63) is 64.3 Å². The molecule has 0 radical (unpaired) electrons. The normalized spacial score (nSPS) is 10.2. The first-order chi connectivity index (χ1) is 8.16. The molecular weight excluding hydrogens is 216 g/mol. The van der Waals surface area contributed by atoms with Gasteiger partial charge < -0.3 is 4.57 Å². The van der Waals surface area contributed by atoms with Crippen molar-refractivity contribution < 1.29 is 4.79 Å². The fourth-order valence-electron chi connectivity index (χ4n) is 1.55. The van der Waals surface area contributed by atoms with E-state index in [1.54, 1.807) is 24.7 Å². The minimum atomic E-state index is -0.119. The first kappa shape index (κ1) is 11.3. The monoisotopic (exact) mass is 228 g/mol. The molecule has 0 aliphatic heterocycles. The van der Waals surface area contributed by atoms with E-state index in [1.165, 1.54) is 17.6 Å². The molecule has 0 spiro atoms. The summed E-state index contributed by atoms with van der Waals surface area (Å²) in [7, 11) is 0. The molecule has 0 aliphatic rings. The van der Waals surface area contributed by atoms with E-state index in [9.17, 15) is 9.59 Å². The molecule has 0 aromatic carbocycles. The molecule has 0 saturated heterocycles. The van der Waals surface area contributed by atoms with Gasteiger partial charge in [-0.05, 0) is 30.7 Å². The van der Waals surface area contributed by atoms with E-state index >= 15 is 0 Å². The lowest BCUT2D eigenvalue weighted by atomic mass is 10.2. The van der Waals surface area contributed by atoms with Crippen LogP contribution in [0.2, 0.25) is 0 Å². The largest absolute Gasteiger partial charge is 0.310 e. The third kappa shape index (κ3) is 2.66. The summed E-state index contributed by atoms with van der Waals surface area (Å²) in [4.78, 5) is 26.8. The number of hydrogen-bond donors (Lipinski definition) is 0. The molecule has 4 heteroatoms. The molecule has 0 N–H and O–H groups in total. The minimum Gasteiger partial charge on any atom is -0.310 e. The van der Waals surface area contributed by atoms with Gasteiger partial charge in [0, 0.05) is 30.2 Å². The number of carbonyl (C=O) groups excluding carboxylic acids is 1. The SMILES string of the molecule is CC(=O)c1ccc(=O)n(Cc2ccncc2)c1. The summed E-state index contributed by atoms with van der Waals surface area (Å²) in [5, 5.41) is 0. The van der Waals surface area contributed by atoms with Gasteiger partial charge in [-0.15, -0.1) is 0 Å². The first-order valence-corrected chi connectivity index (χ1v) is 5.27. The number of Topliss-reactive ketones (excluding diaryl/α,β-unsaturated/α-hetero) is 1. The first-order valence-electron chi connectivity index (χ1n) is 5.27. The Kier molecular flexibility index (Phi) is 3.14. The van der Waals surface area contributed by atoms with Gasteiger partial charge in [-0.2, -0.15) is 0 Å². The Morgan fingerprint density at radius 2 is 1.94 bits per heavy atom. The Bertz CT molecular complexity index is 588. The van der Waals surface area contributed by atoms with Crippen LogP contribution >= 0.6 is 0 Å². The Labute approximate surface area is 98.6 Å². The van der Waals surface area contributed by atoms with E-state index in [0.717, 1.165) is 5.56 Å². The van der Waals surface area contributed by atoms with Crippen LogP contribution in [0.25, 0.3) is 0 Å². The van der Waals surface area contributed by atoms with Crippen LogP contribution in [0, 0.1) is 0 Å². The molecule has 0 aliphatic carbocycles. The van der Waals surface area contributed by atoms with Crippen LogP contribution < -0.4 is 5.56 Å². The van der Waals surface area contributed by atoms with Gasteiger partial charge in [0.15, 0.2) is 5.78 Å². The number of nitrogens with zero attached hydrogens (tertiary/aromatic N) is 2. The zero-order valence-corrected chi connectivity index (χ0v) is 9.46. The van der Waals surface area contributed by atoms with Crippen molar-refractivity contribution in [3.63, 3.8) is 0 Å². The number of pyridine rings is 2. The quantitative estimate of drug-likeness (QED) is 0.748. The van der Waals surface area contributed by atoms with Crippen LogP contribution in [0.4, 0.5) is 0 Å². The van der Waals surface area contributed by atoms with Gasteiger partial charge in [0.1, 0.15) is 0 Å². The maximum absolute atomic E-state index is 11.6. The van der Waals surface area contributed by atoms with E-state index in [4.69, 9.17) is 0 Å². The number of aromatic nitrogens is 2. The molecule has 2 heterocycles. The fourth-order valence-corrected chi connectivity index (χ4v) is 1.55. The molecule has 17 heavy (non-hydrogen) atoms. The predicted octanol–water partition coefficient (Wildman–Crippen LogP) is 1.49. The molecule has 0 bridgehead atoms.